The number of hydrogen-bond acceptors (Lipinski definition) is 1. The lowest BCUT2D eigenvalue weighted by Crippen LogP contribution is -2.15. The van der Waals surface area contributed by atoms with Crippen molar-refractivity contribution in [2.75, 3.05) is 0 Å². The first kappa shape index (κ1) is 15.6. The Morgan fingerprint density at radius 3 is 1.88 bits per heavy atom. The molecule has 0 radical (unpaired) electrons. The Hall–Kier alpha value is -2.91. The van der Waals surface area contributed by atoms with Gasteiger partial charge in [0.25, 0.3) is 0 Å². The van der Waals surface area contributed by atoms with Crippen LogP contribution in [0, 0.1) is 5.82 Å². The Bertz CT molecular complexity index is 995. The van der Waals surface area contributed by atoms with Crippen molar-refractivity contribution < 1.29 is 9.50 Å². The first-order valence-electron chi connectivity index (χ1n) is 8.24. The van der Waals surface area contributed by atoms with E-state index in [1.54, 1.807) is 18.2 Å². The first-order chi connectivity index (χ1) is 12.2. The normalized spacial score (nSPS) is 13.8. The second kappa shape index (κ2) is 6.19. The zero-order valence-electron chi connectivity index (χ0n) is 13.6. The average molecular weight is 331 g/mol. The Kier molecular flexibility index (Phi) is 3.86. The molecule has 0 aliphatic carbocycles. The molecule has 3 heteroatoms. The molecule has 2 nitrogen and oxygen atoms in total. The molecule has 0 saturated carbocycles. The van der Waals surface area contributed by atoms with Crippen molar-refractivity contribution in [2.24, 2.45) is 0 Å². The maximum atomic E-state index is 13.2. The van der Waals surface area contributed by atoms with Gasteiger partial charge in [0, 0.05) is 21.8 Å². The van der Waals surface area contributed by atoms with Gasteiger partial charge in [0.15, 0.2) is 0 Å². The van der Waals surface area contributed by atoms with E-state index in [9.17, 15) is 9.50 Å². The van der Waals surface area contributed by atoms with Crippen molar-refractivity contribution in [3.63, 3.8) is 0 Å². The number of halogens is 1. The van der Waals surface area contributed by atoms with E-state index in [-0.39, 0.29) is 11.9 Å². The van der Waals surface area contributed by atoms with Gasteiger partial charge in [0.1, 0.15) is 11.9 Å². The molecular weight excluding hydrogens is 313 g/mol. The minimum atomic E-state index is -0.822. The van der Waals surface area contributed by atoms with Crippen LogP contribution in [0.15, 0.2) is 85.5 Å². The zero-order chi connectivity index (χ0) is 17.4. The summed E-state index contributed by atoms with van der Waals surface area (Å²) in [7, 11) is 0. The third-order valence-electron chi connectivity index (χ3n) is 4.69. The lowest BCUT2D eigenvalue weighted by molar-refractivity contribution is 0.138. The second-order valence-electron chi connectivity index (χ2n) is 6.13. The number of para-hydroxylation sites is 2. The molecule has 1 heterocycles. The highest BCUT2D eigenvalue weighted by Crippen LogP contribution is 2.37. The topological polar surface area (TPSA) is 25.2 Å². The van der Waals surface area contributed by atoms with Crippen molar-refractivity contribution in [1.29, 1.82) is 0 Å². The fourth-order valence-electron chi connectivity index (χ4n) is 3.51. The lowest BCUT2D eigenvalue weighted by atomic mass is 10.0. The number of benzene rings is 3. The smallest absolute Gasteiger partial charge is 0.123 e. The molecule has 2 atom stereocenters. The van der Waals surface area contributed by atoms with Crippen LogP contribution in [0.1, 0.15) is 17.7 Å². The van der Waals surface area contributed by atoms with Gasteiger partial charge in [-0.25, -0.2) is 4.39 Å². The summed E-state index contributed by atoms with van der Waals surface area (Å²) in [6.07, 6.45) is 0.921. The molecule has 0 saturated heterocycles. The summed E-state index contributed by atoms with van der Waals surface area (Å²) < 4.78 is 15.3. The highest BCUT2D eigenvalue weighted by molar-refractivity contribution is 6.08. The molecule has 25 heavy (non-hydrogen) atoms. The molecule has 124 valence electrons. The molecule has 3 aromatic carbocycles. The fourth-order valence-corrected chi connectivity index (χ4v) is 3.51. The monoisotopic (exact) mass is 331 g/mol. The maximum Gasteiger partial charge on any atom is 0.123 e. The Labute approximate surface area is 145 Å². The van der Waals surface area contributed by atoms with Crippen LogP contribution >= 0.6 is 0 Å². The number of nitrogens with zero attached hydrogens (tertiary/aromatic N) is 1. The van der Waals surface area contributed by atoms with Gasteiger partial charge in [-0.15, -0.1) is 6.58 Å². The minimum Gasteiger partial charge on any atom is -0.386 e. The number of aliphatic hydroxyl groups is 1. The number of fused-ring (bicyclic) bond motifs is 3. The van der Waals surface area contributed by atoms with Crippen LogP contribution in [0.5, 0.6) is 0 Å². The summed E-state index contributed by atoms with van der Waals surface area (Å²) in [5.41, 5.74) is 2.73. The van der Waals surface area contributed by atoms with Gasteiger partial charge in [0.2, 0.25) is 0 Å². The van der Waals surface area contributed by atoms with E-state index < -0.39 is 6.10 Å². The summed E-state index contributed by atoms with van der Waals surface area (Å²) in [6.45, 7) is 3.94. The van der Waals surface area contributed by atoms with Gasteiger partial charge in [-0.3, -0.25) is 0 Å². The highest BCUT2D eigenvalue weighted by atomic mass is 19.1. The molecule has 0 aliphatic heterocycles. The van der Waals surface area contributed by atoms with E-state index in [0.717, 1.165) is 21.8 Å². The number of aliphatic hydroxyl groups excluding tert-OH is 1. The SMILES string of the molecule is C=C[C@@H]([C@H](O)c1ccc(F)cc1)n1c2ccccc2c2ccccc21. The van der Waals surface area contributed by atoms with Crippen molar-refractivity contribution in [3.05, 3.63) is 96.8 Å². The maximum absolute atomic E-state index is 13.2. The van der Waals surface area contributed by atoms with Gasteiger partial charge in [-0.05, 0) is 29.8 Å². The van der Waals surface area contributed by atoms with Crippen molar-refractivity contribution in [1.82, 2.24) is 4.57 Å². The summed E-state index contributed by atoms with van der Waals surface area (Å²) in [4.78, 5) is 0. The molecular formula is C22H18FNO. The van der Waals surface area contributed by atoms with E-state index >= 15 is 0 Å². The van der Waals surface area contributed by atoms with Crippen LogP contribution < -0.4 is 0 Å². The van der Waals surface area contributed by atoms with Crippen LogP contribution in [0.25, 0.3) is 21.8 Å². The minimum absolute atomic E-state index is 0.317. The lowest BCUT2D eigenvalue weighted by Gasteiger charge is -2.24. The third kappa shape index (κ3) is 2.53. The molecule has 4 aromatic rings. The Morgan fingerprint density at radius 2 is 1.36 bits per heavy atom. The van der Waals surface area contributed by atoms with Crippen LogP contribution in [-0.2, 0) is 0 Å². The highest BCUT2D eigenvalue weighted by Gasteiger charge is 2.23. The number of aromatic nitrogens is 1. The third-order valence-corrected chi connectivity index (χ3v) is 4.69. The van der Waals surface area contributed by atoms with Crippen molar-refractivity contribution in [3.8, 4) is 0 Å². The predicted octanol–water partition coefficient (Wildman–Crippen LogP) is 5.39. The second-order valence-corrected chi connectivity index (χ2v) is 6.13. The molecule has 0 aliphatic rings. The molecule has 0 bridgehead atoms. The van der Waals surface area contributed by atoms with Crippen LogP contribution in [0.3, 0.4) is 0 Å². The standard InChI is InChI=1S/C22H18FNO/c1-2-19(22(25)15-11-13-16(23)14-12-15)24-20-9-5-3-7-17(20)18-8-4-6-10-21(18)24/h2-14,19,22,25H,1H2/t19-,22+/m0/s1. The van der Waals surface area contributed by atoms with Crippen LogP contribution in [-0.4, -0.2) is 9.67 Å². The Morgan fingerprint density at radius 1 is 0.840 bits per heavy atom. The molecule has 0 unspecified atom stereocenters. The zero-order valence-corrected chi connectivity index (χ0v) is 13.6. The van der Waals surface area contributed by atoms with Crippen LogP contribution in [0.4, 0.5) is 4.39 Å². The van der Waals surface area contributed by atoms with Gasteiger partial charge in [-0.1, -0.05) is 54.6 Å². The average Bonchev–Trinajstić information content (AvgIpc) is 2.98. The largest absolute Gasteiger partial charge is 0.386 e. The summed E-state index contributed by atoms with van der Waals surface area (Å²) in [5.74, 6) is -0.317. The first-order valence-corrected chi connectivity index (χ1v) is 8.24. The number of rotatable bonds is 4. The van der Waals surface area contributed by atoms with Gasteiger partial charge in [-0.2, -0.15) is 0 Å². The Balaban J connectivity index is 1.94. The van der Waals surface area contributed by atoms with E-state index in [2.05, 4.69) is 23.3 Å². The molecule has 1 aromatic heterocycles. The fraction of sp³-hybridized carbons (Fsp3) is 0.0909. The van der Waals surface area contributed by atoms with E-state index in [1.807, 2.05) is 36.4 Å². The molecule has 0 amide bonds. The molecule has 0 fully saturated rings. The quantitative estimate of drug-likeness (QED) is 0.498. The van der Waals surface area contributed by atoms with Crippen LogP contribution in [0.2, 0.25) is 0 Å². The summed E-state index contributed by atoms with van der Waals surface area (Å²) >= 11 is 0. The predicted molar refractivity (Wildman–Crippen MR) is 100 cm³/mol. The number of hydrogen-bond donors (Lipinski definition) is 1. The summed E-state index contributed by atoms with van der Waals surface area (Å²) in [6, 6.07) is 21.9. The summed E-state index contributed by atoms with van der Waals surface area (Å²) in [5, 5.41) is 13.2. The molecule has 0 spiro atoms. The van der Waals surface area contributed by atoms with Gasteiger partial charge < -0.3 is 9.67 Å². The molecule has 1 N–H and O–H groups in total. The van der Waals surface area contributed by atoms with Crippen molar-refractivity contribution >= 4 is 21.8 Å². The molecule has 4 rings (SSSR count). The van der Waals surface area contributed by atoms with Gasteiger partial charge in [0.05, 0.1) is 6.04 Å². The van der Waals surface area contributed by atoms with E-state index in [1.165, 1.54) is 12.1 Å². The van der Waals surface area contributed by atoms with E-state index in [4.69, 9.17) is 0 Å². The van der Waals surface area contributed by atoms with E-state index in [0.29, 0.717) is 5.56 Å². The van der Waals surface area contributed by atoms with Crippen molar-refractivity contribution in [2.45, 2.75) is 12.1 Å². The van der Waals surface area contributed by atoms with Gasteiger partial charge >= 0.3 is 0 Å².